The zero-order valence-electron chi connectivity index (χ0n) is 11.5. The van der Waals surface area contributed by atoms with Crippen molar-refractivity contribution in [3.05, 3.63) is 40.4 Å². The number of benzene rings is 1. The molecule has 0 aliphatic heterocycles. The first kappa shape index (κ1) is 14.9. The van der Waals surface area contributed by atoms with Crippen molar-refractivity contribution in [3.8, 4) is 0 Å². The van der Waals surface area contributed by atoms with E-state index in [4.69, 9.17) is 11.6 Å². The highest BCUT2D eigenvalue weighted by atomic mass is 35.5. The standard InChI is InChI=1S/C13H17ClFN5/c1-3-7-16-11(8-12-17-19-20(2)18-12)13-9(14)5-4-6-10(13)15/h4-6,11,16H,3,7-8H2,1-2H3. The Morgan fingerprint density at radius 2 is 2.25 bits per heavy atom. The van der Waals surface area contributed by atoms with Crippen LogP contribution in [0.3, 0.4) is 0 Å². The fourth-order valence-electron chi connectivity index (χ4n) is 2.03. The van der Waals surface area contributed by atoms with Crippen LogP contribution in [0.15, 0.2) is 18.2 Å². The first-order valence-corrected chi connectivity index (χ1v) is 6.89. The molecule has 2 rings (SSSR count). The number of nitrogens with zero attached hydrogens (tertiary/aromatic N) is 4. The molecule has 0 fully saturated rings. The molecule has 1 atom stereocenters. The van der Waals surface area contributed by atoms with Gasteiger partial charge in [-0.25, -0.2) is 4.39 Å². The summed E-state index contributed by atoms with van der Waals surface area (Å²) in [6, 6.07) is 4.42. The molecule has 1 aromatic carbocycles. The molecule has 0 bridgehead atoms. The first-order valence-electron chi connectivity index (χ1n) is 6.52. The number of hydrogen-bond acceptors (Lipinski definition) is 4. The van der Waals surface area contributed by atoms with E-state index in [0.717, 1.165) is 13.0 Å². The molecule has 0 amide bonds. The van der Waals surface area contributed by atoms with Gasteiger partial charge in [0.1, 0.15) is 5.82 Å². The molecule has 5 nitrogen and oxygen atoms in total. The largest absolute Gasteiger partial charge is 0.309 e. The molecule has 2 aromatic rings. The molecule has 0 radical (unpaired) electrons. The lowest BCUT2D eigenvalue weighted by Crippen LogP contribution is -2.26. The van der Waals surface area contributed by atoms with Crippen LogP contribution in [-0.2, 0) is 13.5 Å². The van der Waals surface area contributed by atoms with Gasteiger partial charge in [-0.05, 0) is 30.3 Å². The van der Waals surface area contributed by atoms with E-state index in [1.165, 1.54) is 10.9 Å². The Hall–Kier alpha value is -1.53. The molecule has 0 spiro atoms. The second-order valence-corrected chi connectivity index (χ2v) is 4.95. The van der Waals surface area contributed by atoms with Crippen LogP contribution in [-0.4, -0.2) is 26.8 Å². The average Bonchev–Trinajstić information content (AvgIpc) is 2.81. The molecule has 0 saturated heterocycles. The highest BCUT2D eigenvalue weighted by Crippen LogP contribution is 2.27. The normalized spacial score (nSPS) is 12.6. The van der Waals surface area contributed by atoms with E-state index >= 15 is 0 Å². The van der Waals surface area contributed by atoms with Gasteiger partial charge in [0.05, 0.1) is 7.05 Å². The van der Waals surface area contributed by atoms with Crippen molar-refractivity contribution >= 4 is 11.6 Å². The number of halogens is 2. The van der Waals surface area contributed by atoms with Crippen LogP contribution in [0.4, 0.5) is 4.39 Å². The van der Waals surface area contributed by atoms with E-state index in [-0.39, 0.29) is 11.9 Å². The van der Waals surface area contributed by atoms with Crippen LogP contribution in [0, 0.1) is 5.82 Å². The molecule has 20 heavy (non-hydrogen) atoms. The quantitative estimate of drug-likeness (QED) is 0.889. The summed E-state index contributed by atoms with van der Waals surface area (Å²) >= 11 is 6.13. The van der Waals surface area contributed by atoms with Crippen LogP contribution in [0.25, 0.3) is 0 Å². The number of aromatic nitrogens is 4. The van der Waals surface area contributed by atoms with E-state index in [2.05, 4.69) is 20.7 Å². The Labute approximate surface area is 122 Å². The number of nitrogens with one attached hydrogen (secondary N) is 1. The van der Waals surface area contributed by atoms with Crippen LogP contribution in [0.5, 0.6) is 0 Å². The summed E-state index contributed by atoms with van der Waals surface area (Å²) in [6.45, 7) is 2.81. The van der Waals surface area contributed by atoms with E-state index in [1.54, 1.807) is 19.2 Å². The zero-order valence-corrected chi connectivity index (χ0v) is 12.2. The zero-order chi connectivity index (χ0) is 14.5. The second kappa shape index (κ2) is 6.76. The van der Waals surface area contributed by atoms with Crippen molar-refractivity contribution in [2.45, 2.75) is 25.8 Å². The summed E-state index contributed by atoms with van der Waals surface area (Å²) in [6.07, 6.45) is 1.38. The predicted octanol–water partition coefficient (Wildman–Crippen LogP) is 2.29. The molecule has 1 heterocycles. The lowest BCUT2D eigenvalue weighted by molar-refractivity contribution is 0.488. The van der Waals surface area contributed by atoms with E-state index in [9.17, 15) is 4.39 Å². The maximum absolute atomic E-state index is 14.0. The van der Waals surface area contributed by atoms with Gasteiger partial charge in [-0.1, -0.05) is 24.6 Å². The maximum Gasteiger partial charge on any atom is 0.176 e. The summed E-state index contributed by atoms with van der Waals surface area (Å²) in [7, 11) is 1.70. The van der Waals surface area contributed by atoms with Crippen LogP contribution in [0.1, 0.15) is 30.8 Å². The van der Waals surface area contributed by atoms with Gasteiger partial charge in [-0.3, -0.25) is 0 Å². The van der Waals surface area contributed by atoms with Crippen LogP contribution < -0.4 is 5.32 Å². The summed E-state index contributed by atoms with van der Waals surface area (Å²) in [5.74, 6) is 0.232. The minimum atomic E-state index is -0.324. The van der Waals surface area contributed by atoms with Gasteiger partial charge in [0.2, 0.25) is 0 Å². The first-order chi connectivity index (χ1) is 9.61. The van der Waals surface area contributed by atoms with Crippen molar-refractivity contribution in [3.63, 3.8) is 0 Å². The molecular weight excluding hydrogens is 281 g/mol. The molecule has 1 N–H and O–H groups in total. The molecule has 1 aromatic heterocycles. The van der Waals surface area contributed by atoms with Crippen molar-refractivity contribution in [1.29, 1.82) is 0 Å². The van der Waals surface area contributed by atoms with Crippen molar-refractivity contribution in [2.75, 3.05) is 6.54 Å². The highest BCUT2D eigenvalue weighted by molar-refractivity contribution is 6.31. The molecule has 0 saturated carbocycles. The Balaban J connectivity index is 2.27. The lowest BCUT2D eigenvalue weighted by atomic mass is 10.0. The minimum absolute atomic E-state index is 0.271. The Morgan fingerprint density at radius 1 is 1.45 bits per heavy atom. The Bertz CT molecular complexity index is 551. The second-order valence-electron chi connectivity index (χ2n) is 4.54. The number of hydrogen-bond donors (Lipinski definition) is 1. The van der Waals surface area contributed by atoms with Crippen molar-refractivity contribution in [1.82, 2.24) is 25.5 Å². The van der Waals surface area contributed by atoms with Crippen LogP contribution >= 0.6 is 11.6 Å². The average molecular weight is 298 g/mol. The third-order valence-corrected chi connectivity index (χ3v) is 3.25. The molecule has 1 unspecified atom stereocenters. The van der Waals surface area contributed by atoms with Crippen molar-refractivity contribution < 1.29 is 4.39 Å². The lowest BCUT2D eigenvalue weighted by Gasteiger charge is -2.19. The third kappa shape index (κ3) is 3.52. The molecule has 7 heteroatoms. The van der Waals surface area contributed by atoms with Crippen LogP contribution in [0.2, 0.25) is 5.02 Å². The summed E-state index contributed by atoms with van der Waals surface area (Å²) < 4.78 is 14.0. The summed E-state index contributed by atoms with van der Waals surface area (Å²) in [5, 5.41) is 15.6. The van der Waals surface area contributed by atoms with Crippen molar-refractivity contribution in [2.24, 2.45) is 7.05 Å². The summed E-state index contributed by atoms with van der Waals surface area (Å²) in [5.41, 5.74) is 0.454. The van der Waals surface area contributed by atoms with Gasteiger partial charge in [0.25, 0.3) is 0 Å². The van der Waals surface area contributed by atoms with E-state index in [0.29, 0.717) is 22.8 Å². The van der Waals surface area contributed by atoms with Gasteiger partial charge in [0.15, 0.2) is 5.82 Å². The SMILES string of the molecule is CCCNC(Cc1nnn(C)n1)c1c(F)cccc1Cl. The molecule has 108 valence electrons. The third-order valence-electron chi connectivity index (χ3n) is 2.93. The van der Waals surface area contributed by atoms with E-state index in [1.807, 2.05) is 6.92 Å². The molecule has 0 aliphatic rings. The number of aryl methyl sites for hydroxylation is 1. The Morgan fingerprint density at radius 3 is 2.85 bits per heavy atom. The molecular formula is C13H17ClFN5. The van der Waals surface area contributed by atoms with E-state index < -0.39 is 0 Å². The fraction of sp³-hybridized carbons (Fsp3) is 0.462. The predicted molar refractivity (Wildman–Crippen MR) is 74.9 cm³/mol. The van der Waals surface area contributed by atoms with Gasteiger partial charge < -0.3 is 5.32 Å². The number of tetrazole rings is 1. The van der Waals surface area contributed by atoms with Gasteiger partial charge in [0, 0.05) is 23.0 Å². The van der Waals surface area contributed by atoms with Gasteiger partial charge >= 0.3 is 0 Å². The highest BCUT2D eigenvalue weighted by Gasteiger charge is 2.20. The topological polar surface area (TPSA) is 55.6 Å². The fourth-order valence-corrected chi connectivity index (χ4v) is 2.32. The molecule has 0 aliphatic carbocycles. The summed E-state index contributed by atoms with van der Waals surface area (Å²) in [4.78, 5) is 1.38. The maximum atomic E-state index is 14.0. The number of rotatable bonds is 6. The minimum Gasteiger partial charge on any atom is -0.309 e. The monoisotopic (exact) mass is 297 g/mol. The van der Waals surface area contributed by atoms with Gasteiger partial charge in [-0.15, -0.1) is 10.2 Å². The van der Waals surface area contributed by atoms with Gasteiger partial charge in [-0.2, -0.15) is 4.80 Å². The Kier molecular flexibility index (Phi) is 5.03. The smallest absolute Gasteiger partial charge is 0.176 e.